The Bertz CT molecular complexity index is 348. The highest BCUT2D eigenvalue weighted by atomic mass is 19.1. The van der Waals surface area contributed by atoms with Gasteiger partial charge in [0.15, 0.2) is 0 Å². The maximum atomic E-state index is 13.0. The summed E-state index contributed by atoms with van der Waals surface area (Å²) in [5.74, 6) is -0.217. The lowest BCUT2D eigenvalue weighted by Gasteiger charge is -2.39. The third-order valence-electron chi connectivity index (χ3n) is 3.57. The highest BCUT2D eigenvalue weighted by Crippen LogP contribution is 2.29. The summed E-state index contributed by atoms with van der Waals surface area (Å²) in [7, 11) is 4.04. The first kappa shape index (κ1) is 14.1. The molecule has 17 heavy (non-hydrogen) atoms. The van der Waals surface area contributed by atoms with Crippen LogP contribution in [0.2, 0.25) is 0 Å². The van der Waals surface area contributed by atoms with Crippen LogP contribution in [0.4, 0.5) is 4.39 Å². The van der Waals surface area contributed by atoms with Crippen molar-refractivity contribution in [1.82, 2.24) is 4.90 Å². The van der Waals surface area contributed by atoms with Gasteiger partial charge in [0.25, 0.3) is 0 Å². The normalized spacial score (nSPS) is 16.9. The molecule has 0 aliphatic carbocycles. The average Bonchev–Trinajstić information content (AvgIpc) is 2.28. The summed E-state index contributed by atoms with van der Waals surface area (Å²) in [6.07, 6.45) is 1.89. The molecule has 2 nitrogen and oxygen atoms in total. The van der Waals surface area contributed by atoms with Crippen molar-refractivity contribution in [2.75, 3.05) is 14.1 Å². The van der Waals surface area contributed by atoms with Crippen molar-refractivity contribution in [1.29, 1.82) is 0 Å². The Morgan fingerprint density at radius 2 is 1.82 bits per heavy atom. The zero-order valence-corrected chi connectivity index (χ0v) is 11.2. The SMILES string of the molecule is CCCC(N)(c1ccc(F)cc1)C(C)N(C)C. The van der Waals surface area contributed by atoms with Gasteiger partial charge in [-0.25, -0.2) is 4.39 Å². The standard InChI is InChI=1S/C14H23FN2/c1-5-10-14(16,11(2)17(3)4)12-6-8-13(15)9-7-12/h6-9,11H,5,10,16H2,1-4H3. The smallest absolute Gasteiger partial charge is 0.123 e. The van der Waals surface area contributed by atoms with Crippen LogP contribution in [0.1, 0.15) is 32.3 Å². The molecule has 0 aliphatic heterocycles. The van der Waals surface area contributed by atoms with Crippen molar-refractivity contribution in [3.8, 4) is 0 Å². The first-order valence-electron chi connectivity index (χ1n) is 6.13. The Morgan fingerprint density at radius 3 is 2.24 bits per heavy atom. The number of rotatable bonds is 5. The number of nitrogens with two attached hydrogens (primary N) is 1. The maximum absolute atomic E-state index is 13.0. The van der Waals surface area contributed by atoms with Crippen LogP contribution in [0, 0.1) is 5.82 Å². The minimum absolute atomic E-state index is 0.202. The molecule has 2 unspecified atom stereocenters. The Kier molecular flexibility index (Phi) is 4.66. The predicted octanol–water partition coefficient (Wildman–Crippen LogP) is 2.73. The summed E-state index contributed by atoms with van der Waals surface area (Å²) in [4.78, 5) is 2.11. The zero-order chi connectivity index (χ0) is 13.1. The Hall–Kier alpha value is -0.930. The molecule has 0 aromatic heterocycles. The molecule has 96 valence electrons. The van der Waals surface area contributed by atoms with Crippen molar-refractivity contribution in [2.24, 2.45) is 5.73 Å². The molecule has 0 spiro atoms. The van der Waals surface area contributed by atoms with Crippen molar-refractivity contribution in [3.05, 3.63) is 35.6 Å². The van der Waals surface area contributed by atoms with Crippen molar-refractivity contribution >= 4 is 0 Å². The molecule has 0 saturated carbocycles. The molecule has 2 atom stereocenters. The summed E-state index contributed by atoms with van der Waals surface area (Å²) in [6, 6.07) is 6.76. The molecule has 0 radical (unpaired) electrons. The van der Waals surface area contributed by atoms with E-state index in [1.54, 1.807) is 12.1 Å². The number of nitrogens with zero attached hydrogens (tertiary/aromatic N) is 1. The first-order chi connectivity index (χ1) is 7.91. The van der Waals surface area contributed by atoms with Crippen LogP contribution in [-0.4, -0.2) is 25.0 Å². The predicted molar refractivity (Wildman–Crippen MR) is 70.3 cm³/mol. The van der Waals surface area contributed by atoms with Crippen LogP contribution in [0.5, 0.6) is 0 Å². The molecular weight excluding hydrogens is 215 g/mol. The number of benzene rings is 1. The lowest BCUT2D eigenvalue weighted by molar-refractivity contribution is 0.180. The van der Waals surface area contributed by atoms with Gasteiger partial charge in [0.05, 0.1) is 5.54 Å². The lowest BCUT2D eigenvalue weighted by Crippen LogP contribution is -2.52. The molecule has 3 heteroatoms. The molecule has 1 rings (SSSR count). The van der Waals surface area contributed by atoms with E-state index in [4.69, 9.17) is 5.73 Å². The number of halogens is 1. The van der Waals surface area contributed by atoms with Gasteiger partial charge in [-0.2, -0.15) is 0 Å². The second-order valence-corrected chi connectivity index (χ2v) is 4.94. The van der Waals surface area contributed by atoms with Gasteiger partial charge in [0.2, 0.25) is 0 Å². The zero-order valence-electron chi connectivity index (χ0n) is 11.2. The molecule has 0 aliphatic rings. The van der Waals surface area contributed by atoms with Gasteiger partial charge in [-0.3, -0.25) is 0 Å². The quantitative estimate of drug-likeness (QED) is 0.854. The van der Waals surface area contributed by atoms with E-state index >= 15 is 0 Å². The lowest BCUT2D eigenvalue weighted by atomic mass is 9.80. The van der Waals surface area contributed by atoms with E-state index in [2.05, 4.69) is 18.7 Å². The van der Waals surface area contributed by atoms with E-state index in [1.807, 2.05) is 14.1 Å². The van der Waals surface area contributed by atoms with Gasteiger partial charge in [-0.1, -0.05) is 25.5 Å². The molecule has 0 fully saturated rings. The second-order valence-electron chi connectivity index (χ2n) is 4.94. The summed E-state index contributed by atoms with van der Waals surface area (Å²) in [5, 5.41) is 0. The van der Waals surface area contributed by atoms with Crippen molar-refractivity contribution in [2.45, 2.75) is 38.3 Å². The third-order valence-corrected chi connectivity index (χ3v) is 3.57. The molecular formula is C14H23FN2. The summed E-state index contributed by atoms with van der Waals surface area (Å²) >= 11 is 0. The highest BCUT2D eigenvalue weighted by molar-refractivity contribution is 5.26. The van der Waals surface area contributed by atoms with Gasteiger partial charge in [0, 0.05) is 6.04 Å². The van der Waals surface area contributed by atoms with E-state index < -0.39 is 5.54 Å². The summed E-state index contributed by atoms with van der Waals surface area (Å²) in [5.41, 5.74) is 7.14. The largest absolute Gasteiger partial charge is 0.320 e. The van der Waals surface area contributed by atoms with Gasteiger partial charge in [-0.05, 0) is 45.1 Å². The maximum Gasteiger partial charge on any atom is 0.123 e. The Morgan fingerprint density at radius 1 is 1.29 bits per heavy atom. The van der Waals surface area contributed by atoms with Crippen LogP contribution in [0.15, 0.2) is 24.3 Å². The van der Waals surface area contributed by atoms with Crippen LogP contribution in [0.25, 0.3) is 0 Å². The minimum Gasteiger partial charge on any atom is -0.320 e. The second kappa shape index (κ2) is 5.61. The fourth-order valence-corrected chi connectivity index (χ4v) is 2.23. The van der Waals surface area contributed by atoms with E-state index in [1.165, 1.54) is 12.1 Å². The van der Waals surface area contributed by atoms with Crippen molar-refractivity contribution < 1.29 is 4.39 Å². The number of hydrogen-bond acceptors (Lipinski definition) is 2. The molecule has 0 saturated heterocycles. The molecule has 2 N–H and O–H groups in total. The monoisotopic (exact) mass is 238 g/mol. The van der Waals surface area contributed by atoms with E-state index in [-0.39, 0.29) is 11.9 Å². The average molecular weight is 238 g/mol. The van der Waals surface area contributed by atoms with Crippen LogP contribution in [0.3, 0.4) is 0 Å². The molecule has 0 amide bonds. The van der Waals surface area contributed by atoms with Crippen LogP contribution < -0.4 is 5.73 Å². The number of hydrogen-bond donors (Lipinski definition) is 1. The molecule has 0 heterocycles. The third kappa shape index (κ3) is 3.05. The molecule has 0 bridgehead atoms. The fourth-order valence-electron chi connectivity index (χ4n) is 2.23. The topological polar surface area (TPSA) is 29.3 Å². The molecule has 1 aromatic rings. The van der Waals surface area contributed by atoms with Gasteiger partial charge >= 0.3 is 0 Å². The number of likely N-dealkylation sites (N-methyl/N-ethyl adjacent to an activating group) is 1. The highest BCUT2D eigenvalue weighted by Gasteiger charge is 2.34. The van der Waals surface area contributed by atoms with E-state index in [0.29, 0.717) is 0 Å². The van der Waals surface area contributed by atoms with Crippen LogP contribution >= 0.6 is 0 Å². The molecule has 1 aromatic carbocycles. The minimum atomic E-state index is -0.425. The van der Waals surface area contributed by atoms with E-state index in [9.17, 15) is 4.39 Å². The van der Waals surface area contributed by atoms with Gasteiger partial charge in [0.1, 0.15) is 5.82 Å². The Balaban J connectivity index is 3.10. The Labute approximate surface area is 104 Å². The first-order valence-corrected chi connectivity index (χ1v) is 6.13. The van der Waals surface area contributed by atoms with Crippen molar-refractivity contribution in [3.63, 3.8) is 0 Å². The summed E-state index contributed by atoms with van der Waals surface area (Å²) < 4.78 is 13.0. The summed E-state index contributed by atoms with van der Waals surface area (Å²) in [6.45, 7) is 4.23. The van der Waals surface area contributed by atoms with Gasteiger partial charge in [-0.15, -0.1) is 0 Å². The van der Waals surface area contributed by atoms with E-state index in [0.717, 1.165) is 18.4 Å². The van der Waals surface area contributed by atoms with Crippen LogP contribution in [-0.2, 0) is 5.54 Å². The fraction of sp³-hybridized carbons (Fsp3) is 0.571. The van der Waals surface area contributed by atoms with Gasteiger partial charge < -0.3 is 10.6 Å².